The van der Waals surface area contributed by atoms with Crippen LogP contribution in [0.25, 0.3) is 0 Å². The number of aliphatic carboxylic acids is 5. The van der Waals surface area contributed by atoms with E-state index in [-0.39, 0.29) is 6.04 Å². The molecule has 0 fully saturated rings. The maximum atomic E-state index is 9.00. The second-order valence-electron chi connectivity index (χ2n) is 6.42. The molecule has 0 aliphatic rings. The van der Waals surface area contributed by atoms with Crippen molar-refractivity contribution in [2.75, 3.05) is 19.6 Å². The average Bonchev–Trinajstić information content (AvgIpc) is 2.68. The van der Waals surface area contributed by atoms with Gasteiger partial charge < -0.3 is 42.3 Å². The van der Waals surface area contributed by atoms with Crippen LogP contribution in [0, 0.1) is 0 Å². The molecule has 0 spiro atoms. The van der Waals surface area contributed by atoms with E-state index < -0.39 is 29.8 Å². The third kappa shape index (κ3) is 88.6. The van der Waals surface area contributed by atoms with Crippen LogP contribution in [0.1, 0.15) is 40.2 Å². The minimum Gasteiger partial charge on any atom is -0.481 e. The molecule has 0 radical (unpaired) electrons. The Balaban J connectivity index is -0.000000139. The monoisotopic (exact) mass is 550 g/mol. The SMILES string of the molecule is CC(=O)O.CC(=O)O.CC(=O)O.CC(=O)O.CC(=O)O.NCCNCC(N)Cc1ccc(N=C=S)cc1. The molecule has 0 saturated carbocycles. The Bertz CT molecular complexity index is 725. The van der Waals surface area contributed by atoms with Crippen LogP contribution in [-0.4, -0.2) is 86.2 Å². The van der Waals surface area contributed by atoms with E-state index in [4.69, 9.17) is 61.0 Å². The van der Waals surface area contributed by atoms with Crippen molar-refractivity contribution in [2.24, 2.45) is 16.5 Å². The predicted octanol–water partition coefficient (Wildman–Crippen LogP) is 1.29. The fourth-order valence-electron chi connectivity index (χ4n) is 1.52. The summed E-state index contributed by atoms with van der Waals surface area (Å²) in [6.07, 6.45) is 0.832. The number of nitrogens with one attached hydrogen (secondary N) is 1. The van der Waals surface area contributed by atoms with Crippen LogP contribution in [-0.2, 0) is 30.4 Å². The zero-order valence-corrected chi connectivity index (χ0v) is 22.3. The normalized spacial score (nSPS) is 8.84. The zero-order chi connectivity index (χ0) is 30.4. The molecule has 212 valence electrons. The molecule has 0 saturated heterocycles. The summed E-state index contributed by atoms with van der Waals surface area (Å²) >= 11 is 4.54. The molecule has 1 atom stereocenters. The number of nitrogens with two attached hydrogens (primary N) is 2. The van der Waals surface area contributed by atoms with Crippen molar-refractivity contribution in [2.45, 2.75) is 47.1 Å². The maximum Gasteiger partial charge on any atom is 0.300 e. The number of rotatable bonds is 7. The number of benzene rings is 1. The van der Waals surface area contributed by atoms with Crippen LogP contribution in [0.3, 0.4) is 0 Å². The molecule has 1 aromatic rings. The number of nitrogens with zero attached hydrogens (tertiary/aromatic N) is 1. The molecular weight excluding hydrogens is 512 g/mol. The summed E-state index contributed by atoms with van der Waals surface area (Å²) in [6.45, 7) is 7.63. The highest BCUT2D eigenvalue weighted by molar-refractivity contribution is 7.78. The largest absolute Gasteiger partial charge is 0.481 e. The minimum atomic E-state index is -0.833. The van der Waals surface area contributed by atoms with Crippen LogP contribution < -0.4 is 16.8 Å². The molecule has 0 amide bonds. The van der Waals surface area contributed by atoms with Gasteiger partial charge in [0.05, 0.1) is 10.8 Å². The van der Waals surface area contributed by atoms with Crippen molar-refractivity contribution in [3.05, 3.63) is 29.8 Å². The van der Waals surface area contributed by atoms with Crippen LogP contribution in [0.15, 0.2) is 29.3 Å². The summed E-state index contributed by atoms with van der Waals surface area (Å²) < 4.78 is 0. The van der Waals surface area contributed by atoms with Gasteiger partial charge in [0.1, 0.15) is 0 Å². The van der Waals surface area contributed by atoms with E-state index in [1.54, 1.807) is 0 Å². The molecule has 37 heavy (non-hydrogen) atoms. The lowest BCUT2D eigenvalue weighted by Gasteiger charge is -2.12. The lowest BCUT2D eigenvalue weighted by atomic mass is 10.1. The first-order chi connectivity index (χ1) is 16.9. The van der Waals surface area contributed by atoms with Crippen molar-refractivity contribution in [1.82, 2.24) is 5.32 Å². The van der Waals surface area contributed by atoms with E-state index in [2.05, 4.69) is 27.7 Å². The topological polar surface area (TPSA) is 263 Å². The summed E-state index contributed by atoms with van der Waals surface area (Å²) in [4.78, 5) is 48.9. The van der Waals surface area contributed by atoms with Gasteiger partial charge in [0.25, 0.3) is 29.8 Å². The van der Waals surface area contributed by atoms with Crippen LogP contribution >= 0.6 is 12.2 Å². The third-order valence-electron chi connectivity index (χ3n) is 2.34. The Morgan fingerprint density at radius 3 is 1.43 bits per heavy atom. The molecule has 0 aliphatic heterocycles. The summed E-state index contributed by atoms with van der Waals surface area (Å²) in [6, 6.07) is 7.94. The highest BCUT2D eigenvalue weighted by atomic mass is 32.1. The fourth-order valence-corrected chi connectivity index (χ4v) is 1.63. The smallest absolute Gasteiger partial charge is 0.300 e. The van der Waals surface area contributed by atoms with Gasteiger partial charge in [-0.1, -0.05) is 12.1 Å². The van der Waals surface area contributed by atoms with Crippen molar-refractivity contribution in [1.29, 1.82) is 0 Å². The Labute approximate surface area is 221 Å². The highest BCUT2D eigenvalue weighted by Crippen LogP contribution is 2.13. The van der Waals surface area contributed by atoms with Gasteiger partial charge in [0.2, 0.25) is 0 Å². The van der Waals surface area contributed by atoms with E-state index in [1.165, 1.54) is 5.56 Å². The van der Waals surface area contributed by atoms with Crippen molar-refractivity contribution >= 4 is 52.9 Å². The van der Waals surface area contributed by atoms with E-state index >= 15 is 0 Å². The van der Waals surface area contributed by atoms with Gasteiger partial charge in [-0.2, -0.15) is 4.99 Å². The molecule has 0 bridgehead atoms. The standard InChI is InChI=1S/C12H18N4S.5C2H4O2/c13-5-6-15-8-11(14)7-10-1-3-12(4-2-10)16-9-17;5*1-2(3)4/h1-4,11,15H,5-8,13-14H2;5*1H3,(H,3,4). The Morgan fingerprint density at radius 2 is 1.16 bits per heavy atom. The molecule has 0 aliphatic carbocycles. The number of carboxylic acids is 5. The van der Waals surface area contributed by atoms with E-state index in [1.807, 2.05) is 24.3 Å². The van der Waals surface area contributed by atoms with E-state index in [9.17, 15) is 0 Å². The fraction of sp³-hybridized carbons (Fsp3) is 0.455. The highest BCUT2D eigenvalue weighted by Gasteiger charge is 2.03. The first-order valence-electron chi connectivity index (χ1n) is 10.2. The number of thiocarbonyl (C=S) groups is 1. The van der Waals surface area contributed by atoms with Crippen LogP contribution in [0.2, 0.25) is 0 Å². The van der Waals surface area contributed by atoms with E-state index in [0.717, 1.165) is 59.8 Å². The van der Waals surface area contributed by atoms with Crippen LogP contribution in [0.4, 0.5) is 5.69 Å². The number of hydrogen-bond acceptors (Lipinski definition) is 10. The third-order valence-corrected chi connectivity index (χ3v) is 2.43. The van der Waals surface area contributed by atoms with Gasteiger partial charge in [-0.15, -0.1) is 0 Å². The first kappa shape index (κ1) is 43.3. The summed E-state index contributed by atoms with van der Waals surface area (Å²) in [5.74, 6) is -4.17. The van der Waals surface area contributed by atoms with Crippen molar-refractivity contribution < 1.29 is 49.5 Å². The van der Waals surface area contributed by atoms with Gasteiger partial charge in [0, 0.05) is 60.3 Å². The Hall–Kier alpha value is -3.75. The molecule has 10 N–H and O–H groups in total. The maximum absolute atomic E-state index is 9.00. The second-order valence-corrected chi connectivity index (χ2v) is 6.60. The quantitative estimate of drug-likeness (QED) is 0.135. The Morgan fingerprint density at radius 1 is 0.838 bits per heavy atom. The predicted molar refractivity (Wildman–Crippen MR) is 141 cm³/mol. The molecule has 14 nitrogen and oxygen atoms in total. The van der Waals surface area contributed by atoms with Crippen molar-refractivity contribution in [3.63, 3.8) is 0 Å². The van der Waals surface area contributed by atoms with E-state index in [0.29, 0.717) is 6.54 Å². The lowest BCUT2D eigenvalue weighted by molar-refractivity contribution is -0.135. The number of carbonyl (C=O) groups is 5. The zero-order valence-electron chi connectivity index (χ0n) is 21.5. The second kappa shape index (κ2) is 32.2. The van der Waals surface area contributed by atoms with Gasteiger partial charge in [-0.25, -0.2) is 0 Å². The molecule has 0 aromatic heterocycles. The summed E-state index contributed by atoms with van der Waals surface area (Å²) in [5.41, 5.74) is 13.4. The first-order valence-corrected chi connectivity index (χ1v) is 10.6. The summed E-state index contributed by atoms with van der Waals surface area (Å²) in [7, 11) is 0. The van der Waals surface area contributed by atoms with Gasteiger partial charge in [-0.05, 0) is 36.3 Å². The minimum absolute atomic E-state index is 0.0985. The van der Waals surface area contributed by atoms with Gasteiger partial charge in [-0.3, -0.25) is 24.0 Å². The van der Waals surface area contributed by atoms with Crippen molar-refractivity contribution in [3.8, 4) is 0 Å². The number of isothiocyanates is 1. The Kier molecular flexibility index (Phi) is 37.8. The van der Waals surface area contributed by atoms with Crippen LogP contribution in [0.5, 0.6) is 0 Å². The molecule has 1 unspecified atom stereocenters. The van der Waals surface area contributed by atoms with Gasteiger partial charge >= 0.3 is 0 Å². The average molecular weight is 551 g/mol. The molecule has 1 aromatic carbocycles. The molecule has 0 heterocycles. The molecule has 1 rings (SSSR count). The van der Waals surface area contributed by atoms with Gasteiger partial charge in [0.15, 0.2) is 0 Å². The number of hydrogen-bond donors (Lipinski definition) is 8. The molecule has 15 heteroatoms. The lowest BCUT2D eigenvalue weighted by Crippen LogP contribution is -2.37. The number of aliphatic imine (C=N–C) groups is 1. The summed E-state index contributed by atoms with van der Waals surface area (Å²) in [5, 5.41) is 42.6. The molecular formula is C22H38N4O10S. The number of carboxylic acid groups (broad SMARTS) is 5.